The molecule has 0 aromatic carbocycles. The van der Waals surface area contributed by atoms with Crippen LogP contribution in [0.4, 0.5) is 0 Å². The Labute approximate surface area is 68.2 Å². The van der Waals surface area contributed by atoms with Gasteiger partial charge in [0.1, 0.15) is 0 Å². The summed E-state index contributed by atoms with van der Waals surface area (Å²) in [6, 6.07) is 0. The monoisotopic (exact) mass is 161 g/mol. The Morgan fingerprint density at radius 3 is 2.70 bits per heavy atom. The Balaban J connectivity index is 2.65. The van der Waals surface area contributed by atoms with Crippen molar-refractivity contribution in [2.45, 2.75) is 32.6 Å². The number of thioether (sulfide) groups is 1. The summed E-state index contributed by atoms with van der Waals surface area (Å²) in [7, 11) is 0. The number of aliphatic hydroxyl groups is 1. The quantitative estimate of drug-likeness (QED) is 0.579. The molecule has 0 aromatic heterocycles. The molecule has 0 saturated heterocycles. The fourth-order valence-electron chi connectivity index (χ4n) is 0.692. The van der Waals surface area contributed by atoms with Gasteiger partial charge in [-0.25, -0.2) is 0 Å². The van der Waals surface area contributed by atoms with Crippen molar-refractivity contribution >= 4 is 11.8 Å². The third-order valence-corrected chi connectivity index (χ3v) is 2.39. The summed E-state index contributed by atoms with van der Waals surface area (Å²) in [5.41, 5.74) is 0. The van der Waals surface area contributed by atoms with Crippen LogP contribution in [0.3, 0.4) is 0 Å². The Morgan fingerprint density at radius 1 is 1.30 bits per heavy atom. The molecule has 0 fully saturated rings. The number of unbranched alkanes of at least 4 members (excludes halogenated alkanes) is 2. The second kappa shape index (κ2) is 9.31. The molecule has 0 amide bonds. The maximum absolute atomic E-state index is 8.33. The molecule has 0 aliphatic rings. The molecule has 1 N–H and O–H groups in total. The van der Waals surface area contributed by atoms with Crippen molar-refractivity contribution in [3.05, 3.63) is 6.61 Å². The Hall–Kier alpha value is 0.310. The van der Waals surface area contributed by atoms with Crippen molar-refractivity contribution in [1.82, 2.24) is 0 Å². The first-order valence-electron chi connectivity index (χ1n) is 3.95. The predicted molar refractivity (Wildman–Crippen MR) is 47.7 cm³/mol. The van der Waals surface area contributed by atoms with Crippen LogP contribution >= 0.6 is 11.8 Å². The van der Waals surface area contributed by atoms with Crippen LogP contribution in [-0.2, 0) is 0 Å². The maximum Gasteiger partial charge on any atom is 0.0807 e. The van der Waals surface area contributed by atoms with Crippen molar-refractivity contribution in [2.24, 2.45) is 0 Å². The lowest BCUT2D eigenvalue weighted by Gasteiger charge is -1.97. The van der Waals surface area contributed by atoms with Crippen molar-refractivity contribution < 1.29 is 5.11 Å². The molecule has 10 heavy (non-hydrogen) atoms. The van der Waals surface area contributed by atoms with Crippen LogP contribution in [-0.4, -0.2) is 16.6 Å². The van der Waals surface area contributed by atoms with Crippen LogP contribution in [0.25, 0.3) is 0 Å². The van der Waals surface area contributed by atoms with Gasteiger partial charge in [-0.1, -0.05) is 19.8 Å². The molecule has 0 bridgehead atoms. The minimum Gasteiger partial charge on any atom is -0.390 e. The molecular weight excluding hydrogens is 144 g/mol. The molecule has 0 unspecified atom stereocenters. The SMILES string of the molecule is CCCCCSCC[CH]O. The fourth-order valence-corrected chi connectivity index (χ4v) is 1.58. The van der Waals surface area contributed by atoms with Crippen LogP contribution in [0.2, 0.25) is 0 Å². The van der Waals surface area contributed by atoms with Gasteiger partial charge in [0, 0.05) is 0 Å². The smallest absolute Gasteiger partial charge is 0.0807 e. The molecule has 1 radical (unpaired) electrons. The summed E-state index contributed by atoms with van der Waals surface area (Å²) in [6.07, 6.45) is 4.80. The molecule has 61 valence electrons. The van der Waals surface area contributed by atoms with Crippen LogP contribution in [0.5, 0.6) is 0 Å². The van der Waals surface area contributed by atoms with E-state index < -0.39 is 0 Å². The predicted octanol–water partition coefficient (Wildman–Crippen LogP) is 2.83. The number of hydrogen-bond donors (Lipinski definition) is 1. The van der Waals surface area contributed by atoms with Crippen LogP contribution in [0.15, 0.2) is 0 Å². The average molecular weight is 161 g/mol. The van der Waals surface area contributed by atoms with E-state index in [0.717, 1.165) is 12.2 Å². The molecule has 0 saturated carbocycles. The van der Waals surface area contributed by atoms with Gasteiger partial charge in [0.15, 0.2) is 0 Å². The van der Waals surface area contributed by atoms with Crippen LogP contribution < -0.4 is 0 Å². The highest BCUT2D eigenvalue weighted by Crippen LogP contribution is 2.07. The van der Waals surface area contributed by atoms with Crippen molar-refractivity contribution in [3.63, 3.8) is 0 Å². The lowest BCUT2D eigenvalue weighted by Crippen LogP contribution is -1.84. The number of aliphatic hydroxyl groups excluding tert-OH is 1. The zero-order chi connectivity index (χ0) is 7.66. The normalized spacial score (nSPS) is 10.2. The van der Waals surface area contributed by atoms with Gasteiger partial charge >= 0.3 is 0 Å². The van der Waals surface area contributed by atoms with Gasteiger partial charge in [-0.15, -0.1) is 0 Å². The maximum atomic E-state index is 8.33. The first-order valence-corrected chi connectivity index (χ1v) is 5.11. The molecule has 2 heteroatoms. The Morgan fingerprint density at radius 2 is 2.10 bits per heavy atom. The van der Waals surface area contributed by atoms with E-state index in [2.05, 4.69) is 6.92 Å². The van der Waals surface area contributed by atoms with E-state index in [9.17, 15) is 0 Å². The van der Waals surface area contributed by atoms with Crippen LogP contribution in [0.1, 0.15) is 32.6 Å². The van der Waals surface area contributed by atoms with Crippen molar-refractivity contribution in [2.75, 3.05) is 11.5 Å². The fraction of sp³-hybridized carbons (Fsp3) is 0.875. The highest BCUT2D eigenvalue weighted by Gasteiger charge is 1.88. The standard InChI is InChI=1S/C8H17OS/c1-2-3-4-7-10-8-5-6-9/h6,9H,2-5,7-8H2,1H3. The van der Waals surface area contributed by atoms with E-state index in [1.807, 2.05) is 11.8 Å². The molecule has 0 atom stereocenters. The Kier molecular flexibility index (Phi) is 9.60. The summed E-state index contributed by atoms with van der Waals surface area (Å²) >= 11 is 1.93. The van der Waals surface area contributed by atoms with E-state index >= 15 is 0 Å². The summed E-state index contributed by atoms with van der Waals surface area (Å²) in [6.45, 7) is 3.46. The van der Waals surface area contributed by atoms with Gasteiger partial charge in [-0.3, -0.25) is 0 Å². The molecule has 0 rings (SSSR count). The van der Waals surface area contributed by atoms with Crippen molar-refractivity contribution in [1.29, 1.82) is 0 Å². The van der Waals surface area contributed by atoms with Gasteiger partial charge in [0.2, 0.25) is 0 Å². The second-order valence-corrected chi connectivity index (χ2v) is 3.52. The van der Waals surface area contributed by atoms with Gasteiger partial charge in [0.25, 0.3) is 0 Å². The molecular formula is C8H17OS. The van der Waals surface area contributed by atoms with Crippen molar-refractivity contribution in [3.8, 4) is 0 Å². The first kappa shape index (κ1) is 10.3. The number of hydrogen-bond acceptors (Lipinski definition) is 2. The van der Waals surface area contributed by atoms with Gasteiger partial charge in [0.05, 0.1) is 6.61 Å². The molecule has 0 aliphatic heterocycles. The average Bonchev–Trinajstić information content (AvgIpc) is 1.97. The van der Waals surface area contributed by atoms with E-state index in [1.165, 1.54) is 31.6 Å². The molecule has 0 aromatic rings. The molecule has 0 spiro atoms. The number of rotatable bonds is 7. The Bertz CT molecular complexity index is 49.2. The summed E-state index contributed by atoms with van der Waals surface area (Å²) in [4.78, 5) is 0. The van der Waals surface area contributed by atoms with Gasteiger partial charge < -0.3 is 5.11 Å². The van der Waals surface area contributed by atoms with E-state index in [-0.39, 0.29) is 0 Å². The van der Waals surface area contributed by atoms with Gasteiger partial charge in [-0.05, 0) is 24.3 Å². The highest BCUT2D eigenvalue weighted by molar-refractivity contribution is 7.99. The first-order chi connectivity index (χ1) is 4.91. The zero-order valence-corrected chi connectivity index (χ0v) is 7.49. The minimum atomic E-state index is 0.830. The third kappa shape index (κ3) is 8.31. The lowest BCUT2D eigenvalue weighted by atomic mass is 10.3. The zero-order valence-electron chi connectivity index (χ0n) is 6.68. The van der Waals surface area contributed by atoms with Gasteiger partial charge in [-0.2, -0.15) is 11.8 Å². The summed E-state index contributed by atoms with van der Waals surface area (Å²) < 4.78 is 0. The summed E-state index contributed by atoms with van der Waals surface area (Å²) in [5.74, 6) is 2.32. The topological polar surface area (TPSA) is 20.2 Å². The molecule has 0 aliphatic carbocycles. The highest BCUT2D eigenvalue weighted by atomic mass is 32.2. The minimum absolute atomic E-state index is 0.830. The van der Waals surface area contributed by atoms with E-state index in [4.69, 9.17) is 5.11 Å². The third-order valence-electron chi connectivity index (χ3n) is 1.28. The largest absolute Gasteiger partial charge is 0.390 e. The van der Waals surface area contributed by atoms with E-state index in [0.29, 0.717) is 0 Å². The molecule has 1 nitrogen and oxygen atoms in total. The second-order valence-electron chi connectivity index (χ2n) is 2.29. The lowest BCUT2D eigenvalue weighted by molar-refractivity contribution is 0.382. The van der Waals surface area contributed by atoms with Crippen LogP contribution in [0, 0.1) is 6.61 Å². The summed E-state index contributed by atoms with van der Waals surface area (Å²) in [5, 5.41) is 8.33. The van der Waals surface area contributed by atoms with E-state index in [1.54, 1.807) is 0 Å². The molecule has 0 heterocycles.